The Kier molecular flexibility index (Phi) is 9.22. The van der Waals surface area contributed by atoms with Crippen LogP contribution in [-0.4, -0.2) is 37.0 Å². The number of benzene rings is 1. The zero-order valence-corrected chi connectivity index (χ0v) is 16.8. The van der Waals surface area contributed by atoms with Gasteiger partial charge in [-0.05, 0) is 62.0 Å². The van der Waals surface area contributed by atoms with Crippen molar-refractivity contribution in [2.45, 2.75) is 33.2 Å². The molecular formula is C19H31Cl2N3O. The first-order valence-corrected chi connectivity index (χ1v) is 8.94. The van der Waals surface area contributed by atoms with E-state index in [1.54, 1.807) is 0 Å². The van der Waals surface area contributed by atoms with Crippen molar-refractivity contribution in [3.63, 3.8) is 0 Å². The van der Waals surface area contributed by atoms with E-state index in [4.69, 9.17) is 0 Å². The number of piperidine rings is 1. The lowest BCUT2D eigenvalue weighted by atomic mass is 9.88. The van der Waals surface area contributed by atoms with Gasteiger partial charge in [-0.25, -0.2) is 0 Å². The average Bonchev–Trinajstić information content (AvgIpc) is 2.47. The number of rotatable bonds is 5. The number of nitrogens with one attached hydrogen (secondary N) is 2. The maximum atomic E-state index is 12.2. The lowest BCUT2D eigenvalue weighted by molar-refractivity contribution is -0.121. The molecule has 0 saturated carbocycles. The highest BCUT2D eigenvalue weighted by atomic mass is 35.5. The number of hydrogen-bond acceptors (Lipinski definition) is 3. The Balaban J connectivity index is 0.00000156. The molecule has 2 N–H and O–H groups in total. The van der Waals surface area contributed by atoms with Crippen molar-refractivity contribution in [3.05, 3.63) is 29.8 Å². The SMILES string of the molecule is CC1CCCN(Cc2ccc(NC(=O)C(C)C3CNC3)cc2)C1.Cl.Cl. The molecular weight excluding hydrogens is 357 g/mol. The third-order valence-electron chi connectivity index (χ3n) is 5.30. The standard InChI is InChI=1S/C19H29N3O.2ClH/c1-14-4-3-9-22(12-14)13-16-5-7-18(8-6-16)21-19(23)15(2)17-10-20-11-17;;/h5-8,14-15,17,20H,3-4,9-13H2,1-2H3,(H,21,23);2*1H. The van der Waals surface area contributed by atoms with E-state index in [2.05, 4.69) is 34.6 Å². The van der Waals surface area contributed by atoms with Gasteiger partial charge >= 0.3 is 0 Å². The van der Waals surface area contributed by atoms with Crippen molar-refractivity contribution >= 4 is 36.4 Å². The number of nitrogens with zero attached hydrogens (tertiary/aromatic N) is 1. The van der Waals surface area contributed by atoms with Crippen LogP contribution < -0.4 is 10.6 Å². The van der Waals surface area contributed by atoms with E-state index in [9.17, 15) is 4.79 Å². The molecule has 2 saturated heterocycles. The molecule has 3 rings (SSSR count). The van der Waals surface area contributed by atoms with Gasteiger partial charge in [0, 0.05) is 24.7 Å². The summed E-state index contributed by atoms with van der Waals surface area (Å²) in [5, 5.41) is 6.27. The summed E-state index contributed by atoms with van der Waals surface area (Å²) in [7, 11) is 0. The number of carbonyl (C=O) groups excluding carboxylic acids is 1. The van der Waals surface area contributed by atoms with Crippen molar-refractivity contribution in [3.8, 4) is 0 Å². The quantitative estimate of drug-likeness (QED) is 0.811. The average molecular weight is 388 g/mol. The molecule has 2 unspecified atom stereocenters. The molecule has 1 aromatic carbocycles. The highest BCUT2D eigenvalue weighted by Gasteiger charge is 2.28. The van der Waals surface area contributed by atoms with Crippen molar-refractivity contribution in [2.75, 3.05) is 31.5 Å². The van der Waals surface area contributed by atoms with Crippen molar-refractivity contribution in [2.24, 2.45) is 17.8 Å². The fourth-order valence-corrected chi connectivity index (χ4v) is 3.52. The number of hydrogen-bond donors (Lipinski definition) is 2. The van der Waals surface area contributed by atoms with Crippen LogP contribution in [0.1, 0.15) is 32.3 Å². The van der Waals surface area contributed by atoms with Gasteiger partial charge in [-0.1, -0.05) is 26.0 Å². The summed E-state index contributed by atoms with van der Waals surface area (Å²) in [6.45, 7) is 9.70. The summed E-state index contributed by atoms with van der Waals surface area (Å²) in [5.41, 5.74) is 2.23. The predicted octanol–water partition coefficient (Wildman–Crippen LogP) is 3.56. The van der Waals surface area contributed by atoms with Gasteiger partial charge in [0.2, 0.25) is 5.91 Å². The van der Waals surface area contributed by atoms with E-state index >= 15 is 0 Å². The van der Waals surface area contributed by atoms with E-state index in [1.807, 2.05) is 19.1 Å². The van der Waals surface area contributed by atoms with Gasteiger partial charge in [0.1, 0.15) is 0 Å². The summed E-state index contributed by atoms with van der Waals surface area (Å²) >= 11 is 0. The van der Waals surface area contributed by atoms with Crippen LogP contribution in [0.3, 0.4) is 0 Å². The minimum atomic E-state index is 0. The minimum absolute atomic E-state index is 0. The van der Waals surface area contributed by atoms with Gasteiger partial charge < -0.3 is 10.6 Å². The lowest BCUT2D eigenvalue weighted by Gasteiger charge is -2.31. The van der Waals surface area contributed by atoms with Crippen LogP contribution in [0.2, 0.25) is 0 Å². The Bertz CT molecular complexity index is 534. The van der Waals surface area contributed by atoms with E-state index in [0.717, 1.165) is 31.2 Å². The predicted molar refractivity (Wildman–Crippen MR) is 109 cm³/mol. The Hall–Kier alpha value is -0.810. The van der Waals surface area contributed by atoms with Gasteiger partial charge in [-0.15, -0.1) is 24.8 Å². The first-order chi connectivity index (χ1) is 11.1. The van der Waals surface area contributed by atoms with Crippen molar-refractivity contribution < 1.29 is 4.79 Å². The maximum absolute atomic E-state index is 12.2. The Morgan fingerprint density at radius 3 is 2.52 bits per heavy atom. The Morgan fingerprint density at radius 2 is 1.96 bits per heavy atom. The monoisotopic (exact) mass is 387 g/mol. The van der Waals surface area contributed by atoms with Crippen molar-refractivity contribution in [1.82, 2.24) is 10.2 Å². The molecule has 25 heavy (non-hydrogen) atoms. The first kappa shape index (κ1) is 22.2. The first-order valence-electron chi connectivity index (χ1n) is 8.94. The van der Waals surface area contributed by atoms with Crippen LogP contribution in [0.25, 0.3) is 0 Å². The third-order valence-corrected chi connectivity index (χ3v) is 5.30. The molecule has 0 spiro atoms. The van der Waals surface area contributed by atoms with Crippen LogP contribution in [0.15, 0.2) is 24.3 Å². The van der Waals surface area contributed by atoms with E-state index in [-0.39, 0.29) is 36.6 Å². The third kappa shape index (κ3) is 6.14. The number of anilines is 1. The molecule has 4 nitrogen and oxygen atoms in total. The molecule has 0 aromatic heterocycles. The topological polar surface area (TPSA) is 44.4 Å². The molecule has 0 aliphatic carbocycles. The molecule has 2 fully saturated rings. The van der Waals surface area contributed by atoms with Crippen molar-refractivity contribution in [1.29, 1.82) is 0 Å². The van der Waals surface area contributed by atoms with Crippen LogP contribution in [-0.2, 0) is 11.3 Å². The highest BCUT2D eigenvalue weighted by molar-refractivity contribution is 5.92. The molecule has 142 valence electrons. The number of carbonyl (C=O) groups is 1. The van der Waals surface area contributed by atoms with Gasteiger partial charge in [-0.3, -0.25) is 9.69 Å². The summed E-state index contributed by atoms with van der Waals surface area (Å²) in [4.78, 5) is 14.8. The van der Waals surface area contributed by atoms with Crippen LogP contribution >= 0.6 is 24.8 Å². The molecule has 2 atom stereocenters. The second-order valence-electron chi connectivity index (χ2n) is 7.38. The lowest BCUT2D eigenvalue weighted by Crippen LogP contribution is -2.48. The summed E-state index contributed by atoms with van der Waals surface area (Å²) in [6, 6.07) is 8.35. The summed E-state index contributed by atoms with van der Waals surface area (Å²) in [6.07, 6.45) is 2.67. The number of amides is 1. The van der Waals surface area contributed by atoms with Gasteiger partial charge in [0.05, 0.1) is 0 Å². The van der Waals surface area contributed by atoms with Crippen LogP contribution in [0.5, 0.6) is 0 Å². The van der Waals surface area contributed by atoms with Crippen LogP contribution in [0, 0.1) is 17.8 Å². The number of halogens is 2. The number of likely N-dealkylation sites (tertiary alicyclic amines) is 1. The maximum Gasteiger partial charge on any atom is 0.227 e. The van der Waals surface area contributed by atoms with Crippen LogP contribution in [0.4, 0.5) is 5.69 Å². The van der Waals surface area contributed by atoms with Gasteiger partial charge in [0.25, 0.3) is 0 Å². The zero-order valence-electron chi connectivity index (χ0n) is 15.2. The molecule has 2 aliphatic rings. The fraction of sp³-hybridized carbons (Fsp3) is 0.632. The van der Waals surface area contributed by atoms with E-state index in [1.165, 1.54) is 31.5 Å². The smallest absolute Gasteiger partial charge is 0.227 e. The molecule has 6 heteroatoms. The largest absolute Gasteiger partial charge is 0.326 e. The zero-order chi connectivity index (χ0) is 16.2. The Morgan fingerprint density at radius 1 is 1.28 bits per heavy atom. The molecule has 2 aliphatic heterocycles. The normalized spacial score (nSPS) is 22.1. The molecule has 1 aromatic rings. The highest BCUT2D eigenvalue weighted by Crippen LogP contribution is 2.20. The molecule has 0 bridgehead atoms. The summed E-state index contributed by atoms with van der Waals surface area (Å²) in [5.74, 6) is 1.50. The Labute approximate surface area is 163 Å². The molecule has 0 radical (unpaired) electrons. The van der Waals surface area contributed by atoms with Gasteiger partial charge in [-0.2, -0.15) is 0 Å². The molecule has 2 heterocycles. The minimum Gasteiger partial charge on any atom is -0.326 e. The second kappa shape index (κ2) is 10.4. The van der Waals surface area contributed by atoms with Gasteiger partial charge in [0.15, 0.2) is 0 Å². The van der Waals surface area contributed by atoms with E-state index < -0.39 is 0 Å². The molecule has 1 amide bonds. The fourth-order valence-electron chi connectivity index (χ4n) is 3.52. The second-order valence-corrected chi connectivity index (χ2v) is 7.38. The van der Waals surface area contributed by atoms with E-state index in [0.29, 0.717) is 5.92 Å². The summed E-state index contributed by atoms with van der Waals surface area (Å²) < 4.78 is 0.